The third-order valence-electron chi connectivity index (χ3n) is 5.10. The molecule has 2 heterocycles. The summed E-state index contributed by atoms with van der Waals surface area (Å²) in [5.74, 6) is 1.56. The van der Waals surface area contributed by atoms with Gasteiger partial charge in [-0.1, -0.05) is 30.7 Å². The molecule has 2 aliphatic rings. The smallest absolute Gasteiger partial charge is 0.229 e. The van der Waals surface area contributed by atoms with E-state index in [9.17, 15) is 4.79 Å². The Kier molecular flexibility index (Phi) is 2.84. The highest BCUT2D eigenvalue weighted by Crippen LogP contribution is 2.48. The first-order valence-corrected chi connectivity index (χ1v) is 7.65. The van der Waals surface area contributed by atoms with Crippen molar-refractivity contribution >= 4 is 11.7 Å². The van der Waals surface area contributed by atoms with Crippen molar-refractivity contribution in [2.75, 3.05) is 5.32 Å². The van der Waals surface area contributed by atoms with Gasteiger partial charge in [-0.25, -0.2) is 0 Å². The number of carbonyl (C=O) groups excluding carboxylic acids is 1. The van der Waals surface area contributed by atoms with E-state index in [4.69, 9.17) is 0 Å². The van der Waals surface area contributed by atoms with Gasteiger partial charge in [-0.15, -0.1) is 0 Å². The maximum Gasteiger partial charge on any atom is 0.229 e. The second kappa shape index (κ2) is 4.72. The molecule has 0 radical (unpaired) electrons. The largest absolute Gasteiger partial charge is 0.311 e. The van der Waals surface area contributed by atoms with Crippen LogP contribution >= 0.6 is 0 Å². The lowest BCUT2D eigenvalue weighted by Crippen LogP contribution is -2.41. The van der Waals surface area contributed by atoms with E-state index >= 15 is 0 Å². The Labute approximate surface area is 124 Å². The minimum atomic E-state index is 0.0324. The lowest BCUT2D eigenvalue weighted by atomic mass is 9.65. The summed E-state index contributed by atoms with van der Waals surface area (Å²) >= 11 is 0. The normalized spacial score (nSPS) is 25.1. The van der Waals surface area contributed by atoms with E-state index in [1.165, 1.54) is 17.5 Å². The molecule has 1 aromatic heterocycles. The summed E-state index contributed by atoms with van der Waals surface area (Å²) in [6.07, 6.45) is 5.44. The maximum atomic E-state index is 12.6. The Balaban J connectivity index is 1.86. The summed E-state index contributed by atoms with van der Waals surface area (Å²) in [4.78, 5) is 12.6. The molecule has 21 heavy (non-hydrogen) atoms. The van der Waals surface area contributed by atoms with Crippen molar-refractivity contribution in [3.05, 3.63) is 47.2 Å². The number of anilines is 1. The number of rotatable bonds is 2. The minimum absolute atomic E-state index is 0.0324. The third-order valence-corrected chi connectivity index (χ3v) is 5.10. The van der Waals surface area contributed by atoms with Crippen molar-refractivity contribution in [1.82, 2.24) is 10.2 Å². The molecule has 0 bridgehead atoms. The van der Waals surface area contributed by atoms with Crippen molar-refractivity contribution in [3.8, 4) is 0 Å². The summed E-state index contributed by atoms with van der Waals surface area (Å²) in [6.45, 7) is 2.12. The average Bonchev–Trinajstić information content (AvgIpc) is 2.86. The number of carbonyl (C=O) groups is 1. The van der Waals surface area contributed by atoms with E-state index < -0.39 is 0 Å². The van der Waals surface area contributed by atoms with Crippen LogP contribution in [0.3, 0.4) is 0 Å². The van der Waals surface area contributed by atoms with Crippen molar-refractivity contribution in [2.45, 2.75) is 32.1 Å². The SMILES string of the molecule is Cc1ccccc1C1c2cn[nH]c2NC(=O)C1C1CCC1. The highest BCUT2D eigenvalue weighted by molar-refractivity contribution is 5.96. The molecule has 4 rings (SSSR count). The Morgan fingerprint density at radius 1 is 1.19 bits per heavy atom. The van der Waals surface area contributed by atoms with Gasteiger partial charge in [0.15, 0.2) is 0 Å². The highest BCUT2D eigenvalue weighted by atomic mass is 16.2. The first kappa shape index (κ1) is 12.6. The van der Waals surface area contributed by atoms with Crippen molar-refractivity contribution < 1.29 is 4.79 Å². The fourth-order valence-electron chi connectivity index (χ4n) is 3.76. The third kappa shape index (κ3) is 1.89. The number of hydrogen-bond donors (Lipinski definition) is 2. The molecule has 1 fully saturated rings. The van der Waals surface area contributed by atoms with E-state index in [-0.39, 0.29) is 17.7 Å². The fourth-order valence-corrected chi connectivity index (χ4v) is 3.76. The molecular weight excluding hydrogens is 262 g/mol. The van der Waals surface area contributed by atoms with Gasteiger partial charge in [0, 0.05) is 11.5 Å². The quantitative estimate of drug-likeness (QED) is 0.888. The van der Waals surface area contributed by atoms with E-state index in [1.54, 1.807) is 0 Å². The second-order valence-corrected chi connectivity index (χ2v) is 6.24. The van der Waals surface area contributed by atoms with Crippen LogP contribution in [0.1, 0.15) is 41.9 Å². The van der Waals surface area contributed by atoms with E-state index in [2.05, 4.69) is 46.7 Å². The van der Waals surface area contributed by atoms with Gasteiger partial charge in [0.25, 0.3) is 0 Å². The van der Waals surface area contributed by atoms with Crippen LogP contribution in [-0.4, -0.2) is 16.1 Å². The maximum absolute atomic E-state index is 12.6. The summed E-state index contributed by atoms with van der Waals surface area (Å²) < 4.78 is 0. The molecule has 1 aromatic carbocycles. The fraction of sp³-hybridized carbons (Fsp3) is 0.412. The van der Waals surface area contributed by atoms with Crippen LogP contribution < -0.4 is 5.32 Å². The van der Waals surface area contributed by atoms with Crippen LogP contribution in [0, 0.1) is 18.8 Å². The van der Waals surface area contributed by atoms with Crippen LogP contribution in [0.15, 0.2) is 30.5 Å². The lowest BCUT2D eigenvalue weighted by molar-refractivity contribution is -0.123. The summed E-state index contributed by atoms with van der Waals surface area (Å²) in [6, 6.07) is 8.39. The predicted molar refractivity (Wildman–Crippen MR) is 81.1 cm³/mol. The molecule has 108 valence electrons. The molecule has 1 aliphatic carbocycles. The number of nitrogens with zero attached hydrogens (tertiary/aromatic N) is 1. The number of fused-ring (bicyclic) bond motifs is 1. The molecule has 2 unspecified atom stereocenters. The zero-order valence-corrected chi connectivity index (χ0v) is 12.1. The molecule has 1 saturated carbocycles. The van der Waals surface area contributed by atoms with E-state index in [0.29, 0.717) is 5.92 Å². The molecule has 0 saturated heterocycles. The first-order valence-electron chi connectivity index (χ1n) is 7.65. The van der Waals surface area contributed by atoms with Crippen molar-refractivity contribution in [2.24, 2.45) is 11.8 Å². The molecule has 4 heteroatoms. The zero-order chi connectivity index (χ0) is 14.4. The topological polar surface area (TPSA) is 57.8 Å². The van der Waals surface area contributed by atoms with Gasteiger partial charge in [0.05, 0.1) is 12.1 Å². The molecule has 1 amide bonds. The van der Waals surface area contributed by atoms with Crippen molar-refractivity contribution in [3.63, 3.8) is 0 Å². The van der Waals surface area contributed by atoms with Crippen LogP contribution in [0.4, 0.5) is 5.82 Å². The molecular formula is C17H19N3O. The molecule has 2 aromatic rings. The molecule has 1 aliphatic heterocycles. The number of aromatic amines is 1. The number of aromatic nitrogens is 2. The Morgan fingerprint density at radius 2 is 2.00 bits per heavy atom. The Hall–Kier alpha value is -2.10. The van der Waals surface area contributed by atoms with Gasteiger partial charge < -0.3 is 5.32 Å². The summed E-state index contributed by atoms with van der Waals surface area (Å²) in [5, 5.41) is 10.1. The standard InChI is InChI=1S/C17H19N3O/c1-10-5-2-3-8-12(10)15-13-9-18-20-16(13)19-17(21)14(15)11-6-4-7-11/h2-3,5,8-9,11,14-15H,4,6-7H2,1H3,(H2,18,19,20,21). The molecule has 4 nitrogen and oxygen atoms in total. The number of hydrogen-bond acceptors (Lipinski definition) is 2. The Morgan fingerprint density at radius 3 is 2.71 bits per heavy atom. The van der Waals surface area contributed by atoms with Gasteiger partial charge in [-0.3, -0.25) is 9.89 Å². The van der Waals surface area contributed by atoms with Crippen LogP contribution in [0.2, 0.25) is 0 Å². The van der Waals surface area contributed by atoms with Gasteiger partial charge in [0.1, 0.15) is 5.82 Å². The minimum Gasteiger partial charge on any atom is -0.311 e. The van der Waals surface area contributed by atoms with E-state index in [0.717, 1.165) is 24.2 Å². The van der Waals surface area contributed by atoms with Gasteiger partial charge in [0.2, 0.25) is 5.91 Å². The van der Waals surface area contributed by atoms with Gasteiger partial charge in [-0.05, 0) is 36.8 Å². The van der Waals surface area contributed by atoms with Gasteiger partial charge >= 0.3 is 0 Å². The average molecular weight is 281 g/mol. The van der Waals surface area contributed by atoms with Crippen LogP contribution in [0.5, 0.6) is 0 Å². The molecule has 2 atom stereocenters. The number of benzene rings is 1. The predicted octanol–water partition coefficient (Wildman–Crippen LogP) is 3.22. The molecule has 0 spiro atoms. The van der Waals surface area contributed by atoms with E-state index in [1.807, 2.05) is 6.20 Å². The number of nitrogens with one attached hydrogen (secondary N) is 2. The second-order valence-electron chi connectivity index (χ2n) is 6.24. The Bertz CT molecular complexity index is 687. The number of H-pyrrole nitrogens is 1. The van der Waals surface area contributed by atoms with Crippen molar-refractivity contribution in [1.29, 1.82) is 0 Å². The summed E-state index contributed by atoms with van der Waals surface area (Å²) in [5.41, 5.74) is 3.63. The van der Waals surface area contributed by atoms with Crippen LogP contribution in [0.25, 0.3) is 0 Å². The van der Waals surface area contributed by atoms with Gasteiger partial charge in [-0.2, -0.15) is 5.10 Å². The zero-order valence-electron chi connectivity index (χ0n) is 12.1. The monoisotopic (exact) mass is 281 g/mol. The molecule has 2 N–H and O–H groups in total. The number of aryl methyl sites for hydroxylation is 1. The first-order chi connectivity index (χ1) is 10.3. The van der Waals surface area contributed by atoms with Crippen LogP contribution in [-0.2, 0) is 4.79 Å². The summed E-state index contributed by atoms with van der Waals surface area (Å²) in [7, 11) is 0. The number of amides is 1. The lowest BCUT2D eigenvalue weighted by Gasteiger charge is -2.40. The highest BCUT2D eigenvalue weighted by Gasteiger charge is 2.44.